The number of amides is 1. The van der Waals surface area contributed by atoms with Crippen molar-refractivity contribution in [3.8, 4) is 0 Å². The van der Waals surface area contributed by atoms with Crippen molar-refractivity contribution in [3.63, 3.8) is 0 Å². The van der Waals surface area contributed by atoms with Crippen LogP contribution in [0.4, 0.5) is 0 Å². The van der Waals surface area contributed by atoms with Gasteiger partial charge in [-0.1, -0.05) is 34.6 Å². The number of aliphatic hydroxyl groups excluding tert-OH is 1. The van der Waals surface area contributed by atoms with Crippen molar-refractivity contribution in [1.82, 2.24) is 9.80 Å². The lowest BCUT2D eigenvalue weighted by Gasteiger charge is -2.64. The molecule has 0 aromatic rings. The van der Waals surface area contributed by atoms with Gasteiger partial charge in [-0.05, 0) is 131 Å². The minimum Gasteiger partial charge on any atom is -0.390 e. The molecule has 0 radical (unpaired) electrons. The fourth-order valence-corrected chi connectivity index (χ4v) is 14.9. The van der Waals surface area contributed by atoms with Crippen molar-refractivity contribution in [1.29, 1.82) is 0 Å². The summed E-state index contributed by atoms with van der Waals surface area (Å²) in [7, 11) is 0. The van der Waals surface area contributed by atoms with E-state index >= 15 is 0 Å². The first-order valence-corrected chi connectivity index (χ1v) is 20.9. The summed E-state index contributed by atoms with van der Waals surface area (Å²) in [5.74, 6) is 1.97. The van der Waals surface area contributed by atoms with Crippen molar-refractivity contribution in [2.45, 2.75) is 169 Å². The zero-order chi connectivity index (χ0) is 36.5. The largest absolute Gasteiger partial charge is 0.390 e. The van der Waals surface area contributed by atoms with Crippen LogP contribution >= 0.6 is 0 Å². The van der Waals surface area contributed by atoms with Crippen LogP contribution in [0.5, 0.6) is 0 Å². The van der Waals surface area contributed by atoms with Crippen molar-refractivity contribution >= 4 is 5.91 Å². The van der Waals surface area contributed by atoms with Crippen LogP contribution in [0.2, 0.25) is 0 Å². The van der Waals surface area contributed by atoms with Crippen molar-refractivity contribution < 1.29 is 34.0 Å². The van der Waals surface area contributed by atoms with E-state index in [0.717, 1.165) is 51.7 Å². The highest BCUT2D eigenvalue weighted by molar-refractivity contribution is 5.82. The van der Waals surface area contributed by atoms with E-state index in [1.807, 2.05) is 32.6 Å². The number of morpholine rings is 1. The maximum absolute atomic E-state index is 13.0. The van der Waals surface area contributed by atoms with Crippen molar-refractivity contribution in [2.75, 3.05) is 39.4 Å². The number of aliphatic hydroxyl groups is 2. The highest BCUT2D eigenvalue weighted by atomic mass is 16.7. The van der Waals surface area contributed by atoms with Crippen molar-refractivity contribution in [3.05, 3.63) is 0 Å². The van der Waals surface area contributed by atoms with Crippen LogP contribution in [0, 0.1) is 50.7 Å². The average Bonchev–Trinajstić information content (AvgIpc) is 3.68. The molecule has 2 spiro atoms. The molecule has 8 rings (SSSR count). The molecule has 5 saturated carbocycles. The number of ether oxygens (including phenoxy) is 4. The van der Waals surface area contributed by atoms with Gasteiger partial charge >= 0.3 is 0 Å². The Balaban J connectivity index is 0.993. The number of nitrogens with zero attached hydrogens (tertiary/aromatic N) is 2. The van der Waals surface area contributed by atoms with Gasteiger partial charge in [0, 0.05) is 31.7 Å². The molecule has 3 heterocycles. The molecular weight excluding hydrogens is 644 g/mol. The minimum atomic E-state index is -1.02. The molecule has 9 heteroatoms. The van der Waals surface area contributed by atoms with Crippen LogP contribution in [-0.4, -0.2) is 114 Å². The maximum atomic E-state index is 13.0. The standard InChI is InChI=1S/C42H70N2O7/c1-10-48-35(38(6,7)47)27-22-25(2)32-33(50-27)34(45)40(9)29-13-12-28-37(4,5)30(14-15-41(28)24-42(29,41)17-16-39(32,40)8)51-31-23-44(20-21-49-31)26(3)36(46)43-18-11-19-43/h25-35,45,47H,10-24H2,1-9H3/t25-,26-,27-,28+,29+,30+,31+,32+,33+,34+,35+,39+,40+,41-,42+/m1/s1. The molecule has 3 saturated heterocycles. The number of carbonyl (C=O) groups excluding carboxylic acids is 1. The molecule has 8 aliphatic rings. The third-order valence-corrected chi connectivity index (χ3v) is 17.6. The van der Waals surface area contributed by atoms with E-state index in [1.54, 1.807) is 0 Å². The highest BCUT2D eigenvalue weighted by Gasteiger charge is 2.84. The van der Waals surface area contributed by atoms with E-state index in [0.29, 0.717) is 48.8 Å². The molecule has 1 amide bonds. The van der Waals surface area contributed by atoms with Crippen LogP contribution in [0.3, 0.4) is 0 Å². The molecule has 5 aliphatic carbocycles. The van der Waals surface area contributed by atoms with E-state index < -0.39 is 17.8 Å². The van der Waals surface area contributed by atoms with Gasteiger partial charge in [0.25, 0.3) is 0 Å². The zero-order valence-corrected chi connectivity index (χ0v) is 33.3. The Kier molecular flexibility index (Phi) is 8.99. The number of likely N-dealkylation sites (tertiary alicyclic amines) is 1. The Labute approximate surface area is 307 Å². The molecule has 15 atom stereocenters. The monoisotopic (exact) mass is 715 g/mol. The molecule has 0 aromatic heterocycles. The van der Waals surface area contributed by atoms with Gasteiger partial charge in [-0.2, -0.15) is 0 Å². The predicted octanol–water partition coefficient (Wildman–Crippen LogP) is 5.64. The fourth-order valence-electron chi connectivity index (χ4n) is 14.9. The second-order valence-electron chi connectivity index (χ2n) is 20.4. The molecule has 3 aliphatic heterocycles. The van der Waals surface area contributed by atoms with Gasteiger partial charge in [0.1, 0.15) is 6.10 Å². The van der Waals surface area contributed by atoms with Gasteiger partial charge in [0.2, 0.25) is 5.91 Å². The lowest BCUT2D eigenvalue weighted by molar-refractivity contribution is -0.250. The normalized spacial score (nSPS) is 50.1. The Morgan fingerprint density at radius 2 is 1.73 bits per heavy atom. The first-order chi connectivity index (χ1) is 24.0. The predicted molar refractivity (Wildman–Crippen MR) is 195 cm³/mol. The van der Waals surface area contributed by atoms with E-state index in [4.69, 9.17) is 18.9 Å². The molecule has 290 valence electrons. The third-order valence-electron chi connectivity index (χ3n) is 17.6. The van der Waals surface area contributed by atoms with Crippen LogP contribution in [0.1, 0.15) is 120 Å². The lowest BCUT2D eigenvalue weighted by atomic mass is 9.41. The second-order valence-corrected chi connectivity index (χ2v) is 20.4. The van der Waals surface area contributed by atoms with Gasteiger partial charge in [0.15, 0.2) is 6.29 Å². The lowest BCUT2D eigenvalue weighted by Crippen LogP contribution is -2.60. The Bertz CT molecular complexity index is 1350. The zero-order valence-electron chi connectivity index (χ0n) is 33.3. The van der Waals surface area contributed by atoms with Gasteiger partial charge < -0.3 is 34.1 Å². The van der Waals surface area contributed by atoms with Gasteiger partial charge in [-0.25, -0.2) is 0 Å². The van der Waals surface area contributed by atoms with E-state index in [-0.39, 0.29) is 58.2 Å². The van der Waals surface area contributed by atoms with E-state index in [9.17, 15) is 15.0 Å². The number of rotatable bonds is 8. The summed E-state index contributed by atoms with van der Waals surface area (Å²) in [6.07, 6.45) is 8.60. The first kappa shape index (κ1) is 37.1. The molecule has 51 heavy (non-hydrogen) atoms. The summed E-state index contributed by atoms with van der Waals surface area (Å²) in [4.78, 5) is 17.3. The molecular formula is C42H70N2O7. The minimum absolute atomic E-state index is 0.00194. The number of carbonyl (C=O) groups is 1. The second kappa shape index (κ2) is 12.3. The van der Waals surface area contributed by atoms with Crippen LogP contribution in [-0.2, 0) is 23.7 Å². The summed E-state index contributed by atoms with van der Waals surface area (Å²) in [5, 5.41) is 23.7. The number of fused-ring (bicyclic) bond motifs is 4. The van der Waals surface area contributed by atoms with Gasteiger partial charge in [-0.3, -0.25) is 9.69 Å². The van der Waals surface area contributed by atoms with Crippen molar-refractivity contribution in [2.24, 2.45) is 50.7 Å². The summed E-state index contributed by atoms with van der Waals surface area (Å²) >= 11 is 0. The Morgan fingerprint density at radius 1 is 1.02 bits per heavy atom. The summed E-state index contributed by atoms with van der Waals surface area (Å²) in [6, 6.07) is -0.135. The molecule has 9 nitrogen and oxygen atoms in total. The molecule has 8 fully saturated rings. The Hall–Kier alpha value is -0.810. The maximum Gasteiger partial charge on any atom is 0.239 e. The van der Waals surface area contributed by atoms with Crippen LogP contribution < -0.4 is 0 Å². The number of hydrogen-bond acceptors (Lipinski definition) is 8. The SMILES string of the molecule is CCO[C@@H]([C@H]1C[C@@H](C)[C@H]2[C@H](O1)[C@H](O)[C@]1(C)[C@@H]3CC[C@H]4C(C)(C)[C@@H](O[C@H]5CN([C@H](C)C(=O)N6CCC6)CCO5)CC[C@@]45C[C@@]35CC[C@@]21C)C(C)(C)O. The van der Waals surface area contributed by atoms with E-state index in [2.05, 4.69) is 39.5 Å². The Morgan fingerprint density at radius 3 is 2.39 bits per heavy atom. The van der Waals surface area contributed by atoms with Gasteiger partial charge in [0.05, 0.1) is 49.2 Å². The summed E-state index contributed by atoms with van der Waals surface area (Å²) in [6.45, 7) is 24.3. The number of hydrogen-bond donors (Lipinski definition) is 2. The fraction of sp³-hybridized carbons (Fsp3) is 0.976. The van der Waals surface area contributed by atoms with Gasteiger partial charge in [-0.15, -0.1) is 0 Å². The highest BCUT2D eigenvalue weighted by Crippen LogP contribution is 2.89. The van der Waals surface area contributed by atoms with Crippen LogP contribution in [0.15, 0.2) is 0 Å². The van der Waals surface area contributed by atoms with Crippen LogP contribution in [0.25, 0.3) is 0 Å². The smallest absolute Gasteiger partial charge is 0.239 e. The van der Waals surface area contributed by atoms with E-state index in [1.165, 1.54) is 25.7 Å². The third kappa shape index (κ3) is 5.13. The topological polar surface area (TPSA) is 101 Å². The molecule has 2 N–H and O–H groups in total. The molecule has 0 unspecified atom stereocenters. The average molecular weight is 715 g/mol. The summed E-state index contributed by atoms with van der Waals surface area (Å²) < 4.78 is 26.3. The molecule has 0 aromatic carbocycles. The quantitative estimate of drug-likeness (QED) is 0.334. The molecule has 0 bridgehead atoms. The first-order valence-electron chi connectivity index (χ1n) is 20.9. The summed E-state index contributed by atoms with van der Waals surface area (Å²) in [5.41, 5.74) is -0.659.